The fraction of sp³-hybridized carbons (Fsp3) is 0.500. The van der Waals surface area contributed by atoms with Gasteiger partial charge in [-0.2, -0.15) is 0 Å². The zero-order chi connectivity index (χ0) is 14.6. The Hall–Kier alpha value is -1.34. The second kappa shape index (κ2) is 6.21. The van der Waals surface area contributed by atoms with Crippen LogP contribution < -0.4 is 0 Å². The molecule has 0 aromatic heterocycles. The highest BCUT2D eigenvalue weighted by Gasteiger charge is 2.45. The molecule has 0 atom stereocenters. The molecule has 9 heteroatoms. The predicted molar refractivity (Wildman–Crippen MR) is 65.1 cm³/mol. The van der Waals surface area contributed by atoms with Gasteiger partial charge in [0, 0.05) is 21.3 Å². The molecule has 8 nitrogen and oxygen atoms in total. The average molecular weight is 294 g/mol. The van der Waals surface area contributed by atoms with Crippen LogP contribution in [-0.2, 0) is 37.4 Å². The smallest absolute Gasteiger partial charge is 0.354 e. The van der Waals surface area contributed by atoms with Crippen LogP contribution in [-0.4, -0.2) is 52.8 Å². The number of esters is 2. The number of ether oxygens (including phenoxy) is 3. The van der Waals surface area contributed by atoms with Crippen LogP contribution in [0.2, 0.25) is 0 Å². The van der Waals surface area contributed by atoms with Crippen LogP contribution in [0.1, 0.15) is 0 Å². The summed E-state index contributed by atoms with van der Waals surface area (Å²) in [5, 5.41) is -0.177. The van der Waals surface area contributed by atoms with E-state index in [4.69, 9.17) is 23.0 Å². The third-order valence-corrected chi connectivity index (χ3v) is 4.79. The van der Waals surface area contributed by atoms with Crippen molar-refractivity contribution in [3.63, 3.8) is 0 Å². The van der Waals surface area contributed by atoms with Crippen LogP contribution in [0.3, 0.4) is 0 Å². The van der Waals surface area contributed by atoms with Crippen molar-refractivity contribution in [3.8, 4) is 0 Å². The molecular weight excluding hydrogens is 279 g/mol. The van der Waals surface area contributed by atoms with E-state index in [1.54, 1.807) is 0 Å². The molecule has 1 aliphatic rings. The normalized spacial score (nSPS) is 15.6. The SMILES string of the molecule is COC(=O)C1=C(OC)OC(=O)C1=P(OC)(OC)OC. The van der Waals surface area contributed by atoms with E-state index >= 15 is 0 Å². The third-order valence-electron chi connectivity index (χ3n) is 2.39. The van der Waals surface area contributed by atoms with Gasteiger partial charge in [-0.1, -0.05) is 0 Å². The molecule has 0 aromatic carbocycles. The molecule has 0 aliphatic carbocycles. The van der Waals surface area contributed by atoms with E-state index in [9.17, 15) is 9.59 Å². The maximum absolute atomic E-state index is 11.9. The Morgan fingerprint density at radius 3 is 1.95 bits per heavy atom. The summed E-state index contributed by atoms with van der Waals surface area (Å²) in [5.41, 5.74) is -0.200. The van der Waals surface area contributed by atoms with Crippen LogP contribution in [0.15, 0.2) is 11.5 Å². The van der Waals surface area contributed by atoms with Crippen LogP contribution in [0.25, 0.3) is 0 Å². The fourth-order valence-corrected chi connectivity index (χ4v) is 3.27. The van der Waals surface area contributed by atoms with E-state index in [0.29, 0.717) is 0 Å². The molecule has 0 amide bonds. The van der Waals surface area contributed by atoms with E-state index < -0.39 is 19.5 Å². The molecular formula is C10H15O8P. The second-order valence-electron chi connectivity index (χ2n) is 3.14. The van der Waals surface area contributed by atoms with Gasteiger partial charge < -0.3 is 27.8 Å². The fourth-order valence-electron chi connectivity index (χ4n) is 1.55. The molecule has 108 valence electrons. The number of methoxy groups -OCH3 is 2. The van der Waals surface area contributed by atoms with Gasteiger partial charge in [-0.3, -0.25) is 0 Å². The Morgan fingerprint density at radius 1 is 1.05 bits per heavy atom. The molecule has 1 rings (SSSR count). The minimum atomic E-state index is -3.21. The van der Waals surface area contributed by atoms with Crippen LogP contribution in [0.4, 0.5) is 0 Å². The van der Waals surface area contributed by atoms with E-state index in [-0.39, 0.29) is 16.8 Å². The van der Waals surface area contributed by atoms with Gasteiger partial charge in [0.05, 0.1) is 14.2 Å². The Morgan fingerprint density at radius 2 is 1.58 bits per heavy atom. The van der Waals surface area contributed by atoms with Crippen LogP contribution in [0.5, 0.6) is 0 Å². The lowest BCUT2D eigenvalue weighted by Gasteiger charge is -2.21. The second-order valence-corrected chi connectivity index (χ2v) is 5.68. The molecule has 1 heterocycles. The molecule has 0 saturated carbocycles. The minimum absolute atomic E-state index is 0.177. The predicted octanol–water partition coefficient (Wildman–Crippen LogP) is 0.448. The Kier molecular flexibility index (Phi) is 5.13. The highest BCUT2D eigenvalue weighted by Crippen LogP contribution is 2.53. The first kappa shape index (κ1) is 15.7. The summed E-state index contributed by atoms with van der Waals surface area (Å²) in [6.45, 7) is 0. The van der Waals surface area contributed by atoms with Crippen molar-refractivity contribution in [2.45, 2.75) is 0 Å². The van der Waals surface area contributed by atoms with Gasteiger partial charge >= 0.3 is 17.9 Å². The lowest BCUT2D eigenvalue weighted by molar-refractivity contribution is -0.136. The Bertz CT molecular complexity index is 459. The van der Waals surface area contributed by atoms with Gasteiger partial charge in [0.15, 0.2) is 10.9 Å². The monoisotopic (exact) mass is 294 g/mol. The molecule has 0 N–H and O–H groups in total. The van der Waals surface area contributed by atoms with Gasteiger partial charge in [0.2, 0.25) is 0 Å². The molecule has 0 bridgehead atoms. The molecule has 0 radical (unpaired) electrons. The summed E-state index contributed by atoms with van der Waals surface area (Å²) >= 11 is 0. The maximum Gasteiger partial charge on any atom is 0.354 e. The maximum atomic E-state index is 11.9. The molecule has 1 aliphatic heterocycles. The van der Waals surface area contributed by atoms with Crippen LogP contribution in [0, 0.1) is 0 Å². The first-order valence-electron chi connectivity index (χ1n) is 5.04. The highest BCUT2D eigenvalue weighted by atomic mass is 31.2. The lowest BCUT2D eigenvalue weighted by atomic mass is 10.2. The van der Waals surface area contributed by atoms with E-state index in [1.165, 1.54) is 28.4 Å². The molecule has 0 aromatic rings. The summed E-state index contributed by atoms with van der Waals surface area (Å²) in [6.07, 6.45) is 0. The topological polar surface area (TPSA) is 89.5 Å². The summed E-state index contributed by atoms with van der Waals surface area (Å²) < 4.78 is 29.7. The third kappa shape index (κ3) is 2.52. The van der Waals surface area contributed by atoms with Crippen molar-refractivity contribution < 1.29 is 37.4 Å². The van der Waals surface area contributed by atoms with Crippen molar-refractivity contribution in [1.29, 1.82) is 0 Å². The molecule has 0 saturated heterocycles. The van der Waals surface area contributed by atoms with Crippen molar-refractivity contribution in [1.82, 2.24) is 0 Å². The van der Waals surface area contributed by atoms with Crippen molar-refractivity contribution in [2.75, 3.05) is 35.5 Å². The summed E-state index contributed by atoms with van der Waals surface area (Å²) in [4.78, 5) is 23.7. The van der Waals surface area contributed by atoms with E-state index in [2.05, 4.69) is 4.74 Å². The highest BCUT2D eigenvalue weighted by molar-refractivity contribution is 7.65. The number of cyclic esters (lactones) is 1. The largest absolute Gasteiger partial charge is 0.468 e. The summed E-state index contributed by atoms with van der Waals surface area (Å²) in [5.74, 6) is -1.92. The minimum Gasteiger partial charge on any atom is -0.468 e. The molecule has 0 fully saturated rings. The van der Waals surface area contributed by atoms with E-state index in [0.717, 1.165) is 7.11 Å². The Balaban J connectivity index is 3.63. The van der Waals surface area contributed by atoms with Crippen molar-refractivity contribution in [3.05, 3.63) is 11.5 Å². The van der Waals surface area contributed by atoms with Crippen LogP contribution >= 0.6 is 7.57 Å². The molecule has 19 heavy (non-hydrogen) atoms. The van der Waals surface area contributed by atoms with Gasteiger partial charge in [-0.15, -0.1) is 0 Å². The number of rotatable bonds is 5. The quantitative estimate of drug-likeness (QED) is 0.533. The van der Waals surface area contributed by atoms with E-state index in [1.807, 2.05) is 0 Å². The number of hydrogen-bond donors (Lipinski definition) is 0. The number of hydrogen-bond acceptors (Lipinski definition) is 8. The van der Waals surface area contributed by atoms with Gasteiger partial charge in [0.1, 0.15) is 0 Å². The first-order valence-corrected chi connectivity index (χ1v) is 6.58. The van der Waals surface area contributed by atoms with Crippen molar-refractivity contribution in [2.24, 2.45) is 0 Å². The Labute approximate surface area is 110 Å². The first-order chi connectivity index (χ1) is 9.01. The zero-order valence-corrected chi connectivity index (χ0v) is 12.1. The summed E-state index contributed by atoms with van der Waals surface area (Å²) in [6, 6.07) is 0. The lowest BCUT2D eigenvalue weighted by Crippen LogP contribution is -2.21. The summed E-state index contributed by atoms with van der Waals surface area (Å²) in [7, 11) is 3.08. The van der Waals surface area contributed by atoms with Gasteiger partial charge in [-0.25, -0.2) is 9.59 Å². The van der Waals surface area contributed by atoms with Gasteiger partial charge in [-0.05, 0) is 0 Å². The standard InChI is InChI=1S/C10H15O8P/c1-13-8(11)6-7(9(12)18-10(6)14-2)19(15-3,16-4)17-5/h1-5H3. The number of carbonyl (C=O) groups excluding carboxylic acids is 2. The zero-order valence-electron chi connectivity index (χ0n) is 11.2. The van der Waals surface area contributed by atoms with Gasteiger partial charge in [0.25, 0.3) is 7.57 Å². The number of carbonyl (C=O) groups is 2. The van der Waals surface area contributed by atoms with Crippen molar-refractivity contribution >= 4 is 24.8 Å². The molecule has 0 unspecified atom stereocenters. The average Bonchev–Trinajstić information content (AvgIpc) is 2.78. The molecule has 0 spiro atoms.